The molecule has 4 N–H and O–H groups in total. The second kappa shape index (κ2) is 7.79. The van der Waals surface area contributed by atoms with Gasteiger partial charge in [0.25, 0.3) is 5.69 Å². The van der Waals surface area contributed by atoms with E-state index in [1.165, 1.54) is 6.07 Å². The predicted molar refractivity (Wildman–Crippen MR) is 100 cm³/mol. The fraction of sp³-hybridized carbons (Fsp3) is 0.294. The molecular weight excluding hydrogens is 334 g/mol. The van der Waals surface area contributed by atoms with Gasteiger partial charge in [-0.2, -0.15) is 5.10 Å². The van der Waals surface area contributed by atoms with Crippen LogP contribution in [0, 0.1) is 10.1 Å². The average Bonchev–Trinajstić information content (AvgIpc) is 3.25. The van der Waals surface area contributed by atoms with Gasteiger partial charge >= 0.3 is 0 Å². The minimum absolute atomic E-state index is 0.0731. The lowest BCUT2D eigenvalue weighted by molar-refractivity contribution is -0.384. The Morgan fingerprint density at radius 2 is 2.12 bits per heavy atom. The van der Waals surface area contributed by atoms with Crippen molar-refractivity contribution >= 4 is 17.9 Å². The number of nitrogens with zero attached hydrogens (tertiary/aromatic N) is 5. The number of benzene rings is 1. The van der Waals surface area contributed by atoms with Crippen LogP contribution in [0.5, 0.6) is 0 Å². The molecular formula is C17H21N7O2. The Kier molecular flexibility index (Phi) is 5.28. The summed E-state index contributed by atoms with van der Waals surface area (Å²) in [4.78, 5) is 13.2. The molecule has 1 unspecified atom stereocenters. The van der Waals surface area contributed by atoms with E-state index in [1.54, 1.807) is 24.4 Å². The Balaban J connectivity index is 1.82. The molecule has 3 rings (SSSR count). The van der Waals surface area contributed by atoms with Gasteiger partial charge < -0.3 is 16.0 Å². The first kappa shape index (κ1) is 17.6. The van der Waals surface area contributed by atoms with E-state index in [0.29, 0.717) is 12.2 Å². The zero-order valence-electron chi connectivity index (χ0n) is 14.2. The van der Waals surface area contributed by atoms with Gasteiger partial charge in [-0.3, -0.25) is 15.0 Å². The van der Waals surface area contributed by atoms with Gasteiger partial charge in [0.2, 0.25) is 5.96 Å². The van der Waals surface area contributed by atoms with Gasteiger partial charge in [0.05, 0.1) is 4.92 Å². The molecule has 1 aliphatic rings. The van der Waals surface area contributed by atoms with Crippen molar-refractivity contribution in [2.75, 3.05) is 6.54 Å². The third-order valence-electron chi connectivity index (χ3n) is 4.36. The fourth-order valence-corrected chi connectivity index (χ4v) is 3.20. The zero-order chi connectivity index (χ0) is 18.5. The predicted octanol–water partition coefficient (Wildman–Crippen LogP) is 1.61. The number of nitro groups is 1. The molecule has 0 amide bonds. The number of para-hydroxylation sites is 2. The van der Waals surface area contributed by atoms with Gasteiger partial charge in [-0.15, -0.1) is 5.10 Å². The summed E-state index contributed by atoms with van der Waals surface area (Å²) in [5, 5.41) is 18.9. The maximum atomic E-state index is 11.3. The number of guanidine groups is 1. The first-order valence-electron chi connectivity index (χ1n) is 8.32. The van der Waals surface area contributed by atoms with Crippen LogP contribution in [0.2, 0.25) is 0 Å². The molecule has 1 atom stereocenters. The van der Waals surface area contributed by atoms with Crippen LogP contribution in [0.25, 0.3) is 5.69 Å². The van der Waals surface area contributed by atoms with E-state index in [1.807, 2.05) is 22.9 Å². The van der Waals surface area contributed by atoms with Crippen molar-refractivity contribution in [1.82, 2.24) is 9.47 Å². The van der Waals surface area contributed by atoms with Gasteiger partial charge in [0.15, 0.2) is 0 Å². The van der Waals surface area contributed by atoms with Crippen molar-refractivity contribution in [1.29, 1.82) is 0 Å². The molecule has 0 aliphatic carbocycles. The Hall–Kier alpha value is -3.20. The minimum Gasteiger partial charge on any atom is -0.369 e. The molecule has 1 fully saturated rings. The second-order valence-electron chi connectivity index (χ2n) is 6.08. The first-order valence-corrected chi connectivity index (χ1v) is 8.32. The largest absolute Gasteiger partial charge is 0.369 e. The van der Waals surface area contributed by atoms with E-state index >= 15 is 0 Å². The molecule has 2 aromatic rings. The molecule has 0 bridgehead atoms. The smallest absolute Gasteiger partial charge is 0.293 e. The van der Waals surface area contributed by atoms with Gasteiger partial charge in [0.1, 0.15) is 5.69 Å². The maximum absolute atomic E-state index is 11.3. The van der Waals surface area contributed by atoms with Gasteiger partial charge in [-0.05, 0) is 37.6 Å². The Bertz CT molecular complexity index is 839. The van der Waals surface area contributed by atoms with Crippen LogP contribution in [0.3, 0.4) is 0 Å². The first-order chi connectivity index (χ1) is 12.6. The van der Waals surface area contributed by atoms with Crippen LogP contribution in [-0.2, 0) is 6.54 Å². The highest BCUT2D eigenvalue weighted by Crippen LogP contribution is 2.26. The number of nitrogens with two attached hydrogens (primary N) is 2. The van der Waals surface area contributed by atoms with Crippen LogP contribution in [0.1, 0.15) is 18.5 Å². The summed E-state index contributed by atoms with van der Waals surface area (Å²) in [5.41, 5.74) is 12.2. The standard InChI is InChI=1S/C17H21N7O2/c18-17(19)21-20-11-13-5-3-9-22(13)12-14-6-4-10-23(14)15-7-1-2-8-16(15)24(25)26/h1-2,4,6-8,10-11,13H,3,5,9,12H2,(H4,18,19,21)/b20-11+. The molecule has 9 nitrogen and oxygen atoms in total. The van der Waals surface area contributed by atoms with Crippen LogP contribution in [0.4, 0.5) is 5.69 Å². The molecule has 0 radical (unpaired) electrons. The van der Waals surface area contributed by atoms with Crippen molar-refractivity contribution in [3.63, 3.8) is 0 Å². The Morgan fingerprint density at radius 1 is 1.31 bits per heavy atom. The average molecular weight is 355 g/mol. The fourth-order valence-electron chi connectivity index (χ4n) is 3.20. The van der Waals surface area contributed by atoms with E-state index in [4.69, 9.17) is 11.5 Å². The zero-order valence-corrected chi connectivity index (χ0v) is 14.2. The molecule has 0 saturated carbocycles. The second-order valence-corrected chi connectivity index (χ2v) is 6.08. The summed E-state index contributed by atoms with van der Waals surface area (Å²) >= 11 is 0. The van der Waals surface area contributed by atoms with E-state index in [-0.39, 0.29) is 22.6 Å². The molecule has 1 aromatic carbocycles. The highest BCUT2D eigenvalue weighted by Gasteiger charge is 2.25. The quantitative estimate of drug-likeness (QED) is 0.352. The number of aromatic nitrogens is 1. The van der Waals surface area contributed by atoms with E-state index in [0.717, 1.165) is 25.1 Å². The number of rotatable bonds is 6. The number of hydrogen-bond donors (Lipinski definition) is 2. The SMILES string of the molecule is NC(N)=N/N=C/C1CCCN1Cc1cccn1-c1ccccc1[N+](=O)[O-]. The lowest BCUT2D eigenvalue weighted by Crippen LogP contribution is -2.31. The maximum Gasteiger partial charge on any atom is 0.293 e. The summed E-state index contributed by atoms with van der Waals surface area (Å²) in [6, 6.07) is 10.7. The van der Waals surface area contributed by atoms with Gasteiger partial charge in [-0.25, -0.2) is 0 Å². The summed E-state index contributed by atoms with van der Waals surface area (Å²) in [7, 11) is 0. The third kappa shape index (κ3) is 3.89. The van der Waals surface area contributed by atoms with Crippen molar-refractivity contribution in [3.05, 3.63) is 58.4 Å². The molecule has 1 aromatic heterocycles. The van der Waals surface area contributed by atoms with Crippen LogP contribution >= 0.6 is 0 Å². The summed E-state index contributed by atoms with van der Waals surface area (Å²) in [5.74, 6) is -0.0731. The van der Waals surface area contributed by atoms with Gasteiger partial charge in [-0.1, -0.05) is 12.1 Å². The highest BCUT2D eigenvalue weighted by atomic mass is 16.6. The van der Waals surface area contributed by atoms with Crippen molar-refractivity contribution in [2.45, 2.75) is 25.4 Å². The third-order valence-corrected chi connectivity index (χ3v) is 4.36. The molecule has 26 heavy (non-hydrogen) atoms. The Labute approximate surface area is 150 Å². The van der Waals surface area contributed by atoms with E-state index in [9.17, 15) is 10.1 Å². The van der Waals surface area contributed by atoms with Crippen molar-refractivity contribution in [2.24, 2.45) is 21.7 Å². The number of nitro benzene ring substituents is 1. The number of likely N-dealkylation sites (tertiary alicyclic amines) is 1. The highest BCUT2D eigenvalue weighted by molar-refractivity contribution is 5.76. The molecule has 1 saturated heterocycles. The lowest BCUT2D eigenvalue weighted by Gasteiger charge is -2.22. The number of hydrogen-bond acceptors (Lipinski definition) is 5. The summed E-state index contributed by atoms with van der Waals surface area (Å²) in [6.07, 6.45) is 5.60. The van der Waals surface area contributed by atoms with Crippen LogP contribution < -0.4 is 11.5 Å². The molecule has 1 aliphatic heterocycles. The van der Waals surface area contributed by atoms with E-state index < -0.39 is 0 Å². The molecule has 2 heterocycles. The summed E-state index contributed by atoms with van der Waals surface area (Å²) < 4.78 is 1.86. The van der Waals surface area contributed by atoms with Crippen LogP contribution in [-0.4, -0.2) is 39.2 Å². The van der Waals surface area contributed by atoms with Crippen molar-refractivity contribution < 1.29 is 4.92 Å². The monoisotopic (exact) mass is 355 g/mol. The molecule has 9 heteroatoms. The lowest BCUT2D eigenvalue weighted by atomic mass is 10.2. The van der Waals surface area contributed by atoms with Crippen LogP contribution in [0.15, 0.2) is 52.8 Å². The topological polar surface area (TPSA) is 128 Å². The van der Waals surface area contributed by atoms with Gasteiger partial charge in [0, 0.05) is 36.8 Å². The normalized spacial score (nSPS) is 17.6. The Morgan fingerprint density at radius 3 is 2.88 bits per heavy atom. The molecule has 0 spiro atoms. The van der Waals surface area contributed by atoms with E-state index in [2.05, 4.69) is 15.1 Å². The molecule has 136 valence electrons. The summed E-state index contributed by atoms with van der Waals surface area (Å²) in [6.45, 7) is 1.57. The van der Waals surface area contributed by atoms with Crippen molar-refractivity contribution in [3.8, 4) is 5.69 Å². The minimum atomic E-state index is -0.361.